The smallest absolute Gasteiger partial charge is 0.341 e. The van der Waals surface area contributed by atoms with Crippen molar-refractivity contribution in [1.82, 2.24) is 9.55 Å². The van der Waals surface area contributed by atoms with Gasteiger partial charge in [0.15, 0.2) is 0 Å². The van der Waals surface area contributed by atoms with Crippen molar-refractivity contribution in [2.75, 3.05) is 33.0 Å². The first kappa shape index (κ1) is 19.6. The number of aromatic carboxylic acids is 1. The quantitative estimate of drug-likeness (QED) is 0.642. The lowest BCUT2D eigenvalue weighted by Gasteiger charge is -2.12. The highest BCUT2D eigenvalue weighted by atomic mass is 16.5. The third kappa shape index (κ3) is 5.14. The molecule has 0 aromatic carbocycles. The number of hydrogen-bond donors (Lipinski definition) is 1. The Labute approximate surface area is 151 Å². The third-order valence-corrected chi connectivity index (χ3v) is 3.54. The minimum atomic E-state index is -1.27. The second kappa shape index (κ2) is 9.69. The highest BCUT2D eigenvalue weighted by Gasteiger charge is 2.14. The van der Waals surface area contributed by atoms with E-state index in [1.807, 2.05) is 6.92 Å². The summed E-state index contributed by atoms with van der Waals surface area (Å²) >= 11 is 0. The number of carboxylic acid groups (broad SMARTS) is 1. The number of carbonyl (C=O) groups is 1. The van der Waals surface area contributed by atoms with E-state index in [9.17, 15) is 9.59 Å². The summed E-state index contributed by atoms with van der Waals surface area (Å²) in [5.74, 6) is -0.943. The zero-order valence-corrected chi connectivity index (χ0v) is 14.8. The Hall–Kier alpha value is -2.71. The molecular weight excluding hydrogens is 340 g/mol. The van der Waals surface area contributed by atoms with Crippen molar-refractivity contribution in [3.05, 3.63) is 52.1 Å². The predicted molar refractivity (Wildman–Crippen MR) is 94.3 cm³/mol. The Morgan fingerprint density at radius 3 is 2.62 bits per heavy atom. The van der Waals surface area contributed by atoms with Crippen molar-refractivity contribution in [1.29, 1.82) is 0 Å². The molecule has 2 rings (SSSR count). The van der Waals surface area contributed by atoms with Gasteiger partial charge >= 0.3 is 5.97 Å². The molecule has 0 fully saturated rings. The molecule has 0 spiro atoms. The minimum Gasteiger partial charge on any atom is -0.477 e. The van der Waals surface area contributed by atoms with Crippen LogP contribution in [-0.4, -0.2) is 53.7 Å². The Bertz CT molecular complexity index is 803. The van der Waals surface area contributed by atoms with Crippen molar-refractivity contribution in [2.45, 2.75) is 13.8 Å². The Balaban J connectivity index is 2.07. The van der Waals surface area contributed by atoms with Gasteiger partial charge < -0.3 is 19.3 Å². The van der Waals surface area contributed by atoms with E-state index in [0.29, 0.717) is 50.3 Å². The van der Waals surface area contributed by atoms with Crippen molar-refractivity contribution >= 4 is 5.97 Å². The maximum atomic E-state index is 12.4. The molecule has 0 unspecified atom stereocenters. The molecule has 0 saturated heterocycles. The molecule has 8 heteroatoms. The lowest BCUT2D eigenvalue weighted by molar-refractivity contribution is 0.0399. The zero-order chi connectivity index (χ0) is 18.9. The summed E-state index contributed by atoms with van der Waals surface area (Å²) < 4.78 is 17.4. The van der Waals surface area contributed by atoms with Crippen LogP contribution in [0.5, 0.6) is 5.88 Å². The van der Waals surface area contributed by atoms with Crippen LogP contribution in [0.15, 0.2) is 35.3 Å². The molecule has 0 bridgehead atoms. The van der Waals surface area contributed by atoms with E-state index < -0.39 is 11.5 Å². The summed E-state index contributed by atoms with van der Waals surface area (Å²) in [6.07, 6.45) is 1.50. The number of nitrogens with zero attached hydrogens (tertiary/aromatic N) is 2. The van der Waals surface area contributed by atoms with Gasteiger partial charge in [-0.15, -0.1) is 0 Å². The average molecular weight is 362 g/mol. The van der Waals surface area contributed by atoms with Gasteiger partial charge in [-0.05, 0) is 32.0 Å². The van der Waals surface area contributed by atoms with E-state index in [0.717, 1.165) is 0 Å². The molecule has 140 valence electrons. The second-order valence-corrected chi connectivity index (χ2v) is 5.34. The van der Waals surface area contributed by atoms with Crippen LogP contribution in [0.1, 0.15) is 23.0 Å². The number of aryl methyl sites for hydroxylation is 1. The van der Waals surface area contributed by atoms with E-state index in [1.54, 1.807) is 25.1 Å². The first-order valence-corrected chi connectivity index (χ1v) is 8.25. The van der Waals surface area contributed by atoms with Crippen LogP contribution in [0.3, 0.4) is 0 Å². The van der Waals surface area contributed by atoms with Gasteiger partial charge in [-0.2, -0.15) is 0 Å². The molecular formula is C18H22N2O6. The summed E-state index contributed by atoms with van der Waals surface area (Å²) in [6.45, 7) is 5.99. The fraction of sp³-hybridized carbons (Fsp3) is 0.389. The number of carboxylic acids is 1. The van der Waals surface area contributed by atoms with Gasteiger partial charge in [0, 0.05) is 24.6 Å². The Morgan fingerprint density at radius 2 is 1.88 bits per heavy atom. The standard InChI is InChI=1S/C18H22N2O6/c1-3-24-8-9-25-10-11-26-16-12-14(6-7-19-16)20-13(2)4-5-15(17(20)21)18(22)23/h4-7,12H,3,8-11H2,1-2H3,(H,22,23). The number of hydrogen-bond acceptors (Lipinski definition) is 6. The fourth-order valence-corrected chi connectivity index (χ4v) is 2.30. The van der Waals surface area contributed by atoms with Crippen LogP contribution in [-0.2, 0) is 9.47 Å². The molecule has 2 aromatic heterocycles. The lowest BCUT2D eigenvalue weighted by Crippen LogP contribution is -2.26. The molecule has 2 aromatic rings. The summed E-state index contributed by atoms with van der Waals surface area (Å²) in [4.78, 5) is 27.7. The highest BCUT2D eigenvalue weighted by molar-refractivity contribution is 5.87. The van der Waals surface area contributed by atoms with E-state index in [-0.39, 0.29) is 5.56 Å². The molecule has 26 heavy (non-hydrogen) atoms. The molecule has 0 aliphatic rings. The summed E-state index contributed by atoms with van der Waals surface area (Å²) in [5.41, 5.74) is 0.195. The van der Waals surface area contributed by atoms with E-state index >= 15 is 0 Å². The molecule has 0 atom stereocenters. The summed E-state index contributed by atoms with van der Waals surface area (Å²) in [6, 6.07) is 6.08. The van der Waals surface area contributed by atoms with Crippen LogP contribution in [0, 0.1) is 6.92 Å². The minimum absolute atomic E-state index is 0.294. The summed E-state index contributed by atoms with van der Waals surface area (Å²) in [7, 11) is 0. The van der Waals surface area contributed by atoms with Gasteiger partial charge in [-0.3, -0.25) is 9.36 Å². The Morgan fingerprint density at radius 1 is 1.15 bits per heavy atom. The number of ether oxygens (including phenoxy) is 3. The van der Waals surface area contributed by atoms with Gasteiger partial charge in [0.05, 0.1) is 25.5 Å². The largest absolute Gasteiger partial charge is 0.477 e. The van der Waals surface area contributed by atoms with E-state index in [2.05, 4.69) is 4.98 Å². The van der Waals surface area contributed by atoms with Crippen molar-refractivity contribution in [3.63, 3.8) is 0 Å². The maximum absolute atomic E-state index is 12.4. The van der Waals surface area contributed by atoms with E-state index in [4.69, 9.17) is 19.3 Å². The molecule has 1 N–H and O–H groups in total. The molecule has 2 heterocycles. The molecule has 0 saturated carbocycles. The monoisotopic (exact) mass is 362 g/mol. The van der Waals surface area contributed by atoms with Gasteiger partial charge in [-0.1, -0.05) is 0 Å². The van der Waals surface area contributed by atoms with Crippen molar-refractivity contribution < 1.29 is 24.1 Å². The van der Waals surface area contributed by atoms with Crippen molar-refractivity contribution in [2.24, 2.45) is 0 Å². The molecule has 0 aliphatic heterocycles. The first-order chi connectivity index (χ1) is 12.5. The maximum Gasteiger partial charge on any atom is 0.341 e. The second-order valence-electron chi connectivity index (χ2n) is 5.34. The van der Waals surface area contributed by atoms with Crippen LogP contribution < -0.4 is 10.3 Å². The Kier molecular flexibility index (Phi) is 7.31. The third-order valence-electron chi connectivity index (χ3n) is 3.54. The zero-order valence-electron chi connectivity index (χ0n) is 14.8. The number of rotatable bonds is 10. The van der Waals surface area contributed by atoms with Gasteiger partial charge in [0.25, 0.3) is 5.56 Å². The average Bonchev–Trinajstić information content (AvgIpc) is 2.61. The molecule has 0 aliphatic carbocycles. The van der Waals surface area contributed by atoms with Crippen LogP contribution >= 0.6 is 0 Å². The normalized spacial score (nSPS) is 10.7. The molecule has 8 nitrogen and oxygen atoms in total. The van der Waals surface area contributed by atoms with Gasteiger partial charge in [-0.25, -0.2) is 9.78 Å². The number of pyridine rings is 2. The van der Waals surface area contributed by atoms with E-state index in [1.165, 1.54) is 16.8 Å². The van der Waals surface area contributed by atoms with Gasteiger partial charge in [0.2, 0.25) is 5.88 Å². The molecule has 0 amide bonds. The first-order valence-electron chi connectivity index (χ1n) is 8.25. The SMILES string of the molecule is CCOCCOCCOc1cc(-n2c(C)ccc(C(=O)O)c2=O)ccn1. The van der Waals surface area contributed by atoms with Crippen LogP contribution in [0.2, 0.25) is 0 Å². The van der Waals surface area contributed by atoms with Crippen LogP contribution in [0.4, 0.5) is 0 Å². The molecule has 0 radical (unpaired) electrons. The number of aromatic nitrogens is 2. The highest BCUT2D eigenvalue weighted by Crippen LogP contribution is 2.14. The topological polar surface area (TPSA) is 99.9 Å². The predicted octanol–water partition coefficient (Wildman–Crippen LogP) is 1.67. The lowest BCUT2D eigenvalue weighted by atomic mass is 10.2. The van der Waals surface area contributed by atoms with Crippen molar-refractivity contribution in [3.8, 4) is 11.6 Å². The fourth-order valence-electron chi connectivity index (χ4n) is 2.30. The van der Waals surface area contributed by atoms with Crippen LogP contribution in [0.25, 0.3) is 5.69 Å². The summed E-state index contributed by atoms with van der Waals surface area (Å²) in [5, 5.41) is 9.13. The van der Waals surface area contributed by atoms with Gasteiger partial charge in [0.1, 0.15) is 12.2 Å².